The number of halogens is 1. The molecule has 0 aromatic heterocycles. The summed E-state index contributed by atoms with van der Waals surface area (Å²) in [5.74, 6) is -1.13. The van der Waals surface area contributed by atoms with Crippen molar-refractivity contribution in [1.82, 2.24) is 0 Å². The molecule has 0 spiro atoms. The SMILES string of the molecule is O=C(O)C(Cl)c1ccc(-c2ccccc2[N+](=O)[O-])cc1. The first-order valence-corrected chi connectivity index (χ1v) is 6.15. The molecule has 1 atom stereocenters. The van der Waals surface area contributed by atoms with E-state index in [0.717, 1.165) is 0 Å². The molecule has 0 bridgehead atoms. The van der Waals surface area contributed by atoms with Crippen LogP contribution in [0.1, 0.15) is 10.9 Å². The third-order valence-corrected chi connectivity index (χ3v) is 3.27. The van der Waals surface area contributed by atoms with E-state index in [2.05, 4.69) is 0 Å². The van der Waals surface area contributed by atoms with Crippen LogP contribution >= 0.6 is 11.6 Å². The number of rotatable bonds is 4. The van der Waals surface area contributed by atoms with Crippen LogP contribution in [0.5, 0.6) is 0 Å². The molecule has 2 aromatic rings. The van der Waals surface area contributed by atoms with Crippen LogP contribution in [0, 0.1) is 10.1 Å². The third-order valence-electron chi connectivity index (χ3n) is 2.83. The van der Waals surface area contributed by atoms with Crippen molar-refractivity contribution >= 4 is 23.3 Å². The van der Waals surface area contributed by atoms with Crippen molar-refractivity contribution in [2.45, 2.75) is 5.38 Å². The molecule has 0 saturated heterocycles. The van der Waals surface area contributed by atoms with Gasteiger partial charge in [0, 0.05) is 6.07 Å². The van der Waals surface area contributed by atoms with Crippen molar-refractivity contribution < 1.29 is 14.8 Å². The molecule has 20 heavy (non-hydrogen) atoms. The minimum atomic E-state index is -1.13. The van der Waals surface area contributed by atoms with Crippen LogP contribution in [0.4, 0.5) is 5.69 Å². The van der Waals surface area contributed by atoms with Gasteiger partial charge in [-0.05, 0) is 17.2 Å². The van der Waals surface area contributed by atoms with Gasteiger partial charge in [0.05, 0.1) is 10.5 Å². The Balaban J connectivity index is 2.41. The average molecular weight is 292 g/mol. The summed E-state index contributed by atoms with van der Waals surface area (Å²) in [5, 5.41) is 18.7. The second kappa shape index (κ2) is 5.71. The first-order chi connectivity index (χ1) is 9.50. The topological polar surface area (TPSA) is 80.4 Å². The van der Waals surface area contributed by atoms with E-state index < -0.39 is 16.3 Å². The van der Waals surface area contributed by atoms with Crippen LogP contribution in [0.2, 0.25) is 0 Å². The number of para-hydroxylation sites is 1. The summed E-state index contributed by atoms with van der Waals surface area (Å²) in [6.45, 7) is 0. The number of hydrogen-bond donors (Lipinski definition) is 1. The molecule has 0 radical (unpaired) electrons. The lowest BCUT2D eigenvalue weighted by Gasteiger charge is -2.07. The molecule has 1 unspecified atom stereocenters. The fraction of sp³-hybridized carbons (Fsp3) is 0.0714. The zero-order valence-corrected chi connectivity index (χ0v) is 10.9. The molecule has 0 aliphatic heterocycles. The Morgan fingerprint density at radius 1 is 1.15 bits per heavy atom. The van der Waals surface area contributed by atoms with E-state index >= 15 is 0 Å². The average Bonchev–Trinajstić information content (AvgIpc) is 2.46. The summed E-state index contributed by atoms with van der Waals surface area (Å²) < 4.78 is 0. The Bertz CT molecular complexity index is 654. The lowest BCUT2D eigenvalue weighted by Crippen LogP contribution is -2.04. The number of benzene rings is 2. The first-order valence-electron chi connectivity index (χ1n) is 5.71. The monoisotopic (exact) mass is 291 g/mol. The van der Waals surface area contributed by atoms with Crippen LogP contribution in [-0.4, -0.2) is 16.0 Å². The van der Waals surface area contributed by atoms with Crippen LogP contribution in [-0.2, 0) is 4.79 Å². The van der Waals surface area contributed by atoms with Gasteiger partial charge in [-0.25, -0.2) is 0 Å². The highest BCUT2D eigenvalue weighted by atomic mass is 35.5. The lowest BCUT2D eigenvalue weighted by molar-refractivity contribution is -0.384. The summed E-state index contributed by atoms with van der Waals surface area (Å²) >= 11 is 5.71. The highest BCUT2D eigenvalue weighted by Gasteiger charge is 2.17. The van der Waals surface area contributed by atoms with Gasteiger partial charge in [0.2, 0.25) is 0 Å². The van der Waals surface area contributed by atoms with Gasteiger partial charge in [-0.3, -0.25) is 14.9 Å². The Morgan fingerprint density at radius 2 is 1.75 bits per heavy atom. The van der Waals surface area contributed by atoms with E-state index in [9.17, 15) is 14.9 Å². The molecule has 5 nitrogen and oxygen atoms in total. The quantitative estimate of drug-likeness (QED) is 0.530. The van der Waals surface area contributed by atoms with Crippen molar-refractivity contribution in [2.75, 3.05) is 0 Å². The number of carboxylic acids is 1. The summed E-state index contributed by atoms with van der Waals surface area (Å²) in [5.41, 5.74) is 1.54. The van der Waals surface area contributed by atoms with E-state index in [1.54, 1.807) is 42.5 Å². The number of nitrogens with zero attached hydrogens (tertiary/aromatic N) is 1. The van der Waals surface area contributed by atoms with Gasteiger partial charge in [0.1, 0.15) is 0 Å². The molecule has 2 rings (SSSR count). The van der Waals surface area contributed by atoms with E-state index in [1.165, 1.54) is 6.07 Å². The van der Waals surface area contributed by atoms with Gasteiger partial charge in [-0.1, -0.05) is 36.4 Å². The standard InChI is InChI=1S/C14H10ClNO4/c15-13(14(17)18)10-7-5-9(6-8-10)11-3-1-2-4-12(11)16(19)20/h1-8,13H,(H,17,18). The smallest absolute Gasteiger partial charge is 0.326 e. The predicted molar refractivity (Wildman–Crippen MR) is 74.8 cm³/mol. The van der Waals surface area contributed by atoms with Crippen molar-refractivity contribution in [2.24, 2.45) is 0 Å². The highest BCUT2D eigenvalue weighted by molar-refractivity contribution is 6.29. The Morgan fingerprint density at radius 3 is 2.30 bits per heavy atom. The van der Waals surface area contributed by atoms with Crippen LogP contribution in [0.15, 0.2) is 48.5 Å². The van der Waals surface area contributed by atoms with Crippen molar-refractivity contribution in [3.05, 3.63) is 64.2 Å². The molecular formula is C14H10ClNO4. The minimum absolute atomic E-state index is 0.000841. The predicted octanol–water partition coefficient (Wildman–Crippen LogP) is 3.63. The van der Waals surface area contributed by atoms with E-state index in [-0.39, 0.29) is 5.69 Å². The summed E-state index contributed by atoms with van der Waals surface area (Å²) in [4.78, 5) is 21.3. The molecule has 102 valence electrons. The van der Waals surface area contributed by atoms with Gasteiger partial charge < -0.3 is 5.11 Å². The molecule has 0 fully saturated rings. The number of nitro benzene ring substituents is 1. The van der Waals surface area contributed by atoms with Crippen LogP contribution in [0.25, 0.3) is 11.1 Å². The fourth-order valence-electron chi connectivity index (χ4n) is 1.85. The Labute approximate surface area is 119 Å². The van der Waals surface area contributed by atoms with Gasteiger partial charge in [-0.2, -0.15) is 0 Å². The maximum absolute atomic E-state index is 11.0. The number of nitro groups is 1. The highest BCUT2D eigenvalue weighted by Crippen LogP contribution is 2.31. The zero-order chi connectivity index (χ0) is 14.7. The van der Waals surface area contributed by atoms with E-state index in [1.807, 2.05) is 0 Å². The molecule has 0 heterocycles. The molecule has 6 heteroatoms. The minimum Gasteiger partial charge on any atom is -0.480 e. The number of carboxylic acid groups (broad SMARTS) is 1. The van der Waals surface area contributed by atoms with E-state index in [0.29, 0.717) is 16.7 Å². The maximum atomic E-state index is 11.0. The van der Waals surface area contributed by atoms with E-state index in [4.69, 9.17) is 16.7 Å². The maximum Gasteiger partial charge on any atom is 0.326 e. The summed E-state index contributed by atoms with van der Waals surface area (Å²) in [6, 6.07) is 12.7. The van der Waals surface area contributed by atoms with Gasteiger partial charge in [0.25, 0.3) is 5.69 Å². The molecule has 0 aliphatic carbocycles. The molecule has 0 saturated carbocycles. The largest absolute Gasteiger partial charge is 0.480 e. The van der Waals surface area contributed by atoms with Gasteiger partial charge in [-0.15, -0.1) is 11.6 Å². The number of carbonyl (C=O) groups is 1. The number of alkyl halides is 1. The lowest BCUT2D eigenvalue weighted by atomic mass is 10.0. The number of hydrogen-bond acceptors (Lipinski definition) is 3. The van der Waals surface area contributed by atoms with Crippen molar-refractivity contribution in [3.8, 4) is 11.1 Å². The first kappa shape index (κ1) is 14.0. The van der Waals surface area contributed by atoms with Crippen LogP contribution in [0.3, 0.4) is 0 Å². The third kappa shape index (κ3) is 2.78. The molecule has 0 aliphatic rings. The molecule has 0 amide bonds. The second-order valence-electron chi connectivity index (χ2n) is 4.10. The normalized spacial score (nSPS) is 11.8. The number of aliphatic carboxylic acids is 1. The molecule has 1 N–H and O–H groups in total. The zero-order valence-electron chi connectivity index (χ0n) is 10.2. The Kier molecular flexibility index (Phi) is 4.00. The van der Waals surface area contributed by atoms with Gasteiger partial charge in [0.15, 0.2) is 5.38 Å². The Hall–Kier alpha value is -2.40. The fourth-order valence-corrected chi connectivity index (χ4v) is 2.00. The van der Waals surface area contributed by atoms with Crippen molar-refractivity contribution in [1.29, 1.82) is 0 Å². The second-order valence-corrected chi connectivity index (χ2v) is 4.53. The van der Waals surface area contributed by atoms with Gasteiger partial charge >= 0.3 is 5.97 Å². The summed E-state index contributed by atoms with van der Waals surface area (Å²) in [6.07, 6.45) is 0. The molecule has 2 aromatic carbocycles. The van der Waals surface area contributed by atoms with Crippen LogP contribution < -0.4 is 0 Å². The molecular weight excluding hydrogens is 282 g/mol. The summed E-state index contributed by atoms with van der Waals surface area (Å²) in [7, 11) is 0. The van der Waals surface area contributed by atoms with Crippen molar-refractivity contribution in [3.63, 3.8) is 0 Å².